The van der Waals surface area contributed by atoms with Crippen molar-refractivity contribution < 1.29 is 9.90 Å². The third kappa shape index (κ3) is 2.79. The van der Waals surface area contributed by atoms with Gasteiger partial charge >= 0.3 is 5.97 Å². The number of benzene rings is 1. The van der Waals surface area contributed by atoms with Gasteiger partial charge in [0, 0.05) is 11.6 Å². The Morgan fingerprint density at radius 1 is 1.41 bits per heavy atom. The summed E-state index contributed by atoms with van der Waals surface area (Å²) < 4.78 is 0. The SMILES string of the molecule is CN1CCC(c2ccc(Cl)cc2)[C@@H](C(=O)O)C1. The summed E-state index contributed by atoms with van der Waals surface area (Å²) in [6.07, 6.45) is 0.884. The second-order valence-corrected chi connectivity index (χ2v) is 5.09. The molecule has 0 aromatic heterocycles. The first-order valence-corrected chi connectivity index (χ1v) is 6.12. The Bertz CT molecular complexity index is 404. The maximum Gasteiger partial charge on any atom is 0.308 e. The smallest absolute Gasteiger partial charge is 0.308 e. The predicted molar refractivity (Wildman–Crippen MR) is 67.4 cm³/mol. The van der Waals surface area contributed by atoms with E-state index in [1.807, 2.05) is 31.3 Å². The minimum Gasteiger partial charge on any atom is -0.481 e. The quantitative estimate of drug-likeness (QED) is 0.880. The molecule has 1 fully saturated rings. The number of aliphatic carboxylic acids is 1. The van der Waals surface area contributed by atoms with E-state index in [2.05, 4.69) is 4.90 Å². The Morgan fingerprint density at radius 2 is 2.06 bits per heavy atom. The van der Waals surface area contributed by atoms with Crippen molar-refractivity contribution in [2.45, 2.75) is 12.3 Å². The topological polar surface area (TPSA) is 40.5 Å². The molecule has 1 unspecified atom stereocenters. The van der Waals surface area contributed by atoms with Gasteiger partial charge in [-0.2, -0.15) is 0 Å². The van der Waals surface area contributed by atoms with E-state index >= 15 is 0 Å². The fourth-order valence-corrected chi connectivity index (χ4v) is 2.60. The first-order chi connectivity index (χ1) is 8.08. The van der Waals surface area contributed by atoms with E-state index in [1.54, 1.807) is 0 Å². The number of piperidine rings is 1. The number of carbonyl (C=O) groups is 1. The van der Waals surface area contributed by atoms with Crippen LogP contribution in [0, 0.1) is 5.92 Å². The highest BCUT2D eigenvalue weighted by Crippen LogP contribution is 2.33. The van der Waals surface area contributed by atoms with Crippen molar-refractivity contribution >= 4 is 17.6 Å². The van der Waals surface area contributed by atoms with Crippen LogP contribution in [-0.4, -0.2) is 36.1 Å². The van der Waals surface area contributed by atoms with Crippen LogP contribution in [0.1, 0.15) is 17.9 Å². The predicted octanol–water partition coefficient (Wildman–Crippen LogP) is 2.46. The monoisotopic (exact) mass is 253 g/mol. The van der Waals surface area contributed by atoms with Crippen LogP contribution in [0.4, 0.5) is 0 Å². The summed E-state index contributed by atoms with van der Waals surface area (Å²) >= 11 is 5.85. The summed E-state index contributed by atoms with van der Waals surface area (Å²) in [5.41, 5.74) is 1.08. The molecule has 0 aliphatic carbocycles. The zero-order valence-electron chi connectivity index (χ0n) is 9.77. The third-order valence-corrected chi connectivity index (χ3v) is 3.68. The molecule has 4 heteroatoms. The lowest BCUT2D eigenvalue weighted by atomic mass is 9.80. The molecule has 1 aromatic rings. The Morgan fingerprint density at radius 3 is 2.65 bits per heavy atom. The van der Waals surface area contributed by atoms with Gasteiger partial charge < -0.3 is 10.0 Å². The van der Waals surface area contributed by atoms with Gasteiger partial charge in [-0.05, 0) is 43.6 Å². The second-order valence-electron chi connectivity index (χ2n) is 4.65. The second kappa shape index (κ2) is 5.07. The van der Waals surface area contributed by atoms with Crippen molar-refractivity contribution in [1.29, 1.82) is 0 Å². The van der Waals surface area contributed by atoms with Crippen LogP contribution in [0.25, 0.3) is 0 Å². The van der Waals surface area contributed by atoms with Crippen molar-refractivity contribution in [3.05, 3.63) is 34.9 Å². The fourth-order valence-electron chi connectivity index (χ4n) is 2.47. The molecule has 1 heterocycles. The first kappa shape index (κ1) is 12.4. The minimum atomic E-state index is -0.712. The summed E-state index contributed by atoms with van der Waals surface area (Å²) in [6.45, 7) is 1.56. The maximum absolute atomic E-state index is 11.3. The number of halogens is 1. The van der Waals surface area contributed by atoms with Gasteiger partial charge in [-0.1, -0.05) is 23.7 Å². The summed E-state index contributed by atoms with van der Waals surface area (Å²) in [5, 5.41) is 9.98. The van der Waals surface area contributed by atoms with E-state index in [-0.39, 0.29) is 11.8 Å². The summed E-state index contributed by atoms with van der Waals surface area (Å²) in [5.74, 6) is -0.938. The molecule has 1 aromatic carbocycles. The van der Waals surface area contributed by atoms with E-state index in [1.165, 1.54) is 0 Å². The first-order valence-electron chi connectivity index (χ1n) is 5.74. The molecule has 1 N–H and O–H groups in total. The molecule has 1 aliphatic rings. The van der Waals surface area contributed by atoms with Crippen molar-refractivity contribution in [2.24, 2.45) is 5.92 Å². The van der Waals surface area contributed by atoms with E-state index in [9.17, 15) is 9.90 Å². The van der Waals surface area contributed by atoms with Crippen molar-refractivity contribution in [2.75, 3.05) is 20.1 Å². The van der Waals surface area contributed by atoms with Gasteiger partial charge in [-0.15, -0.1) is 0 Å². The Labute approximate surface area is 106 Å². The highest BCUT2D eigenvalue weighted by molar-refractivity contribution is 6.30. The molecule has 0 amide bonds. The molecule has 2 rings (SSSR count). The Hall–Kier alpha value is -1.06. The zero-order chi connectivity index (χ0) is 12.4. The molecule has 0 bridgehead atoms. The average Bonchev–Trinajstić information content (AvgIpc) is 2.30. The van der Waals surface area contributed by atoms with E-state index in [0.717, 1.165) is 18.5 Å². The van der Waals surface area contributed by atoms with Crippen LogP contribution in [0.15, 0.2) is 24.3 Å². The highest BCUT2D eigenvalue weighted by Gasteiger charge is 2.33. The van der Waals surface area contributed by atoms with Crippen LogP contribution in [0.3, 0.4) is 0 Å². The average molecular weight is 254 g/mol. The molecule has 0 saturated carbocycles. The van der Waals surface area contributed by atoms with Gasteiger partial charge in [-0.3, -0.25) is 4.79 Å². The number of nitrogens with zero attached hydrogens (tertiary/aromatic N) is 1. The summed E-state index contributed by atoms with van der Waals surface area (Å²) in [4.78, 5) is 13.4. The fraction of sp³-hybridized carbons (Fsp3) is 0.462. The van der Waals surface area contributed by atoms with E-state index < -0.39 is 5.97 Å². The van der Waals surface area contributed by atoms with Crippen molar-refractivity contribution in [3.8, 4) is 0 Å². The highest BCUT2D eigenvalue weighted by atomic mass is 35.5. The third-order valence-electron chi connectivity index (χ3n) is 3.43. The summed E-state index contributed by atoms with van der Waals surface area (Å²) in [6, 6.07) is 7.53. The number of hydrogen-bond donors (Lipinski definition) is 1. The molecule has 1 saturated heterocycles. The maximum atomic E-state index is 11.3. The van der Waals surface area contributed by atoms with Crippen molar-refractivity contribution in [3.63, 3.8) is 0 Å². The molecule has 0 spiro atoms. The van der Waals surface area contributed by atoms with Gasteiger partial charge in [0.2, 0.25) is 0 Å². The minimum absolute atomic E-state index is 0.0981. The lowest BCUT2D eigenvalue weighted by molar-refractivity contribution is -0.144. The van der Waals surface area contributed by atoms with Crippen LogP contribution in [0.2, 0.25) is 5.02 Å². The van der Waals surface area contributed by atoms with Crippen molar-refractivity contribution in [1.82, 2.24) is 4.90 Å². The van der Waals surface area contributed by atoms with Crippen LogP contribution in [0.5, 0.6) is 0 Å². The van der Waals surface area contributed by atoms with Gasteiger partial charge in [0.05, 0.1) is 5.92 Å². The van der Waals surface area contributed by atoms with Crippen LogP contribution < -0.4 is 0 Å². The van der Waals surface area contributed by atoms with Gasteiger partial charge in [0.15, 0.2) is 0 Å². The number of likely N-dealkylation sites (tertiary alicyclic amines) is 1. The molecule has 17 heavy (non-hydrogen) atoms. The Kier molecular flexibility index (Phi) is 3.69. The molecular formula is C13H16ClNO2. The van der Waals surface area contributed by atoms with E-state index in [0.29, 0.717) is 11.6 Å². The number of carboxylic acid groups (broad SMARTS) is 1. The lowest BCUT2D eigenvalue weighted by Gasteiger charge is -2.34. The standard InChI is InChI=1S/C13H16ClNO2/c1-15-7-6-11(12(8-15)13(16)17)9-2-4-10(14)5-3-9/h2-5,11-12H,6-8H2,1H3,(H,16,17)/t11?,12-/m0/s1. The molecule has 92 valence electrons. The number of rotatable bonds is 2. The lowest BCUT2D eigenvalue weighted by Crippen LogP contribution is -2.40. The molecule has 3 nitrogen and oxygen atoms in total. The van der Waals surface area contributed by atoms with Gasteiger partial charge in [0.1, 0.15) is 0 Å². The molecule has 1 aliphatic heterocycles. The van der Waals surface area contributed by atoms with Gasteiger partial charge in [-0.25, -0.2) is 0 Å². The molecule has 2 atom stereocenters. The largest absolute Gasteiger partial charge is 0.481 e. The summed E-state index contributed by atoms with van der Waals surface area (Å²) in [7, 11) is 1.97. The molecule has 0 radical (unpaired) electrons. The molecular weight excluding hydrogens is 238 g/mol. The number of hydrogen-bond acceptors (Lipinski definition) is 2. The Balaban J connectivity index is 2.23. The van der Waals surface area contributed by atoms with E-state index in [4.69, 9.17) is 11.6 Å². The van der Waals surface area contributed by atoms with Gasteiger partial charge in [0.25, 0.3) is 0 Å². The zero-order valence-corrected chi connectivity index (χ0v) is 10.5. The number of carboxylic acids is 1. The normalized spacial score (nSPS) is 25.8. The van der Waals surface area contributed by atoms with Crippen LogP contribution in [-0.2, 0) is 4.79 Å². The van der Waals surface area contributed by atoms with Crippen LogP contribution >= 0.6 is 11.6 Å².